The Morgan fingerprint density at radius 3 is 2.37 bits per heavy atom. The fourth-order valence-corrected chi connectivity index (χ4v) is 3.11. The van der Waals surface area contributed by atoms with Crippen LogP contribution in [-0.4, -0.2) is 11.8 Å². The van der Waals surface area contributed by atoms with Gasteiger partial charge in [-0.05, 0) is 59.5 Å². The molecular formula is C25H19FO4. The number of esters is 1. The maximum Gasteiger partial charge on any atom is 0.343 e. The third-order valence-corrected chi connectivity index (χ3v) is 4.83. The SMILES string of the molecule is CC(C)c1ccc(/C=C2\Oc3cc(OC(=O)c4ccc(F)cc4)ccc3C2=O)cc1. The molecule has 150 valence electrons. The van der Waals surface area contributed by atoms with E-state index in [1.54, 1.807) is 12.1 Å². The van der Waals surface area contributed by atoms with E-state index in [2.05, 4.69) is 13.8 Å². The number of fused-ring (bicyclic) bond motifs is 1. The molecule has 1 heterocycles. The van der Waals surface area contributed by atoms with Crippen molar-refractivity contribution in [2.75, 3.05) is 0 Å². The zero-order chi connectivity index (χ0) is 21.3. The Bertz CT molecular complexity index is 1140. The molecule has 0 saturated heterocycles. The van der Waals surface area contributed by atoms with Gasteiger partial charge in [-0.25, -0.2) is 9.18 Å². The first kappa shape index (κ1) is 19.6. The summed E-state index contributed by atoms with van der Waals surface area (Å²) in [5, 5.41) is 0. The molecule has 0 unspecified atom stereocenters. The van der Waals surface area contributed by atoms with E-state index in [1.165, 1.54) is 42.0 Å². The first-order chi connectivity index (χ1) is 14.4. The van der Waals surface area contributed by atoms with Crippen LogP contribution in [0, 0.1) is 5.82 Å². The standard InChI is InChI=1S/C25H19FO4/c1-15(2)17-5-3-16(4-6-17)13-23-24(27)21-12-11-20(14-22(21)30-23)29-25(28)18-7-9-19(26)10-8-18/h3-15H,1-2H3/b23-13-. The second-order valence-electron chi connectivity index (χ2n) is 7.32. The summed E-state index contributed by atoms with van der Waals surface area (Å²) in [6.45, 7) is 4.24. The van der Waals surface area contributed by atoms with E-state index in [0.717, 1.165) is 5.56 Å². The quantitative estimate of drug-likeness (QED) is 0.315. The zero-order valence-corrected chi connectivity index (χ0v) is 16.5. The third kappa shape index (κ3) is 4.01. The highest BCUT2D eigenvalue weighted by Gasteiger charge is 2.28. The van der Waals surface area contributed by atoms with Crippen LogP contribution >= 0.6 is 0 Å². The van der Waals surface area contributed by atoms with Gasteiger partial charge >= 0.3 is 5.97 Å². The highest BCUT2D eigenvalue weighted by molar-refractivity contribution is 6.14. The number of ketones is 1. The van der Waals surface area contributed by atoms with Crippen molar-refractivity contribution in [1.82, 2.24) is 0 Å². The summed E-state index contributed by atoms with van der Waals surface area (Å²) in [7, 11) is 0. The number of allylic oxidation sites excluding steroid dienone is 1. The minimum atomic E-state index is -0.625. The van der Waals surface area contributed by atoms with E-state index >= 15 is 0 Å². The van der Waals surface area contributed by atoms with Crippen LogP contribution in [0.25, 0.3) is 6.08 Å². The van der Waals surface area contributed by atoms with Gasteiger partial charge in [-0.15, -0.1) is 0 Å². The molecule has 0 aromatic heterocycles. The minimum absolute atomic E-state index is 0.212. The van der Waals surface area contributed by atoms with E-state index in [4.69, 9.17) is 9.47 Å². The van der Waals surface area contributed by atoms with Gasteiger partial charge < -0.3 is 9.47 Å². The number of Topliss-reactive ketones (excluding diaryl/α,β-unsaturated/α-hetero) is 1. The van der Waals surface area contributed by atoms with Crippen LogP contribution in [0.4, 0.5) is 4.39 Å². The average Bonchev–Trinajstić information content (AvgIpc) is 3.03. The second kappa shape index (κ2) is 7.95. The van der Waals surface area contributed by atoms with Gasteiger partial charge in [-0.2, -0.15) is 0 Å². The van der Waals surface area contributed by atoms with Crippen molar-refractivity contribution in [3.8, 4) is 11.5 Å². The zero-order valence-electron chi connectivity index (χ0n) is 16.5. The molecule has 3 aromatic carbocycles. The molecule has 1 aliphatic heterocycles. The molecule has 0 saturated carbocycles. The van der Waals surface area contributed by atoms with Crippen LogP contribution in [0.1, 0.15) is 51.6 Å². The maximum absolute atomic E-state index is 13.0. The fraction of sp³-hybridized carbons (Fsp3) is 0.120. The van der Waals surface area contributed by atoms with Crippen LogP contribution in [0.5, 0.6) is 11.5 Å². The lowest BCUT2D eigenvalue weighted by Crippen LogP contribution is -2.08. The van der Waals surface area contributed by atoms with Gasteiger partial charge in [0.25, 0.3) is 0 Å². The summed E-state index contributed by atoms with van der Waals surface area (Å²) < 4.78 is 24.0. The van der Waals surface area contributed by atoms with Crippen molar-refractivity contribution in [3.63, 3.8) is 0 Å². The van der Waals surface area contributed by atoms with Crippen LogP contribution in [0.15, 0.2) is 72.5 Å². The normalized spacial score (nSPS) is 14.0. The predicted octanol–water partition coefficient (Wildman–Crippen LogP) is 5.78. The summed E-state index contributed by atoms with van der Waals surface area (Å²) in [5.74, 6) is -0.0858. The van der Waals surface area contributed by atoms with E-state index in [0.29, 0.717) is 17.2 Å². The number of ether oxygens (including phenoxy) is 2. The lowest BCUT2D eigenvalue weighted by Gasteiger charge is -2.06. The summed E-state index contributed by atoms with van der Waals surface area (Å²) >= 11 is 0. The largest absolute Gasteiger partial charge is 0.452 e. The molecule has 0 amide bonds. The van der Waals surface area contributed by atoms with Gasteiger partial charge in [-0.1, -0.05) is 38.1 Å². The third-order valence-electron chi connectivity index (χ3n) is 4.83. The number of hydrogen-bond donors (Lipinski definition) is 0. The highest BCUT2D eigenvalue weighted by Crippen LogP contribution is 2.35. The molecule has 4 nitrogen and oxygen atoms in total. The van der Waals surface area contributed by atoms with Gasteiger partial charge in [0, 0.05) is 6.07 Å². The van der Waals surface area contributed by atoms with Gasteiger partial charge in [0.1, 0.15) is 17.3 Å². The molecule has 0 spiro atoms. The van der Waals surface area contributed by atoms with Crippen molar-refractivity contribution in [3.05, 3.63) is 101 Å². The molecule has 0 N–H and O–H groups in total. The van der Waals surface area contributed by atoms with E-state index in [-0.39, 0.29) is 22.9 Å². The van der Waals surface area contributed by atoms with E-state index in [9.17, 15) is 14.0 Å². The fourth-order valence-electron chi connectivity index (χ4n) is 3.11. The predicted molar refractivity (Wildman–Crippen MR) is 111 cm³/mol. The van der Waals surface area contributed by atoms with Crippen LogP contribution < -0.4 is 9.47 Å². The maximum atomic E-state index is 13.0. The number of carbonyl (C=O) groups is 2. The summed E-state index contributed by atoms with van der Waals surface area (Å²) in [4.78, 5) is 24.8. The number of benzene rings is 3. The van der Waals surface area contributed by atoms with Crippen LogP contribution in [0.3, 0.4) is 0 Å². The molecule has 3 aromatic rings. The molecule has 0 radical (unpaired) electrons. The summed E-state index contributed by atoms with van der Waals surface area (Å²) in [6, 6.07) is 17.6. The van der Waals surface area contributed by atoms with E-state index in [1.807, 2.05) is 24.3 Å². The molecule has 1 aliphatic rings. The Balaban J connectivity index is 1.52. The highest BCUT2D eigenvalue weighted by atomic mass is 19.1. The monoisotopic (exact) mass is 402 g/mol. The van der Waals surface area contributed by atoms with Crippen molar-refractivity contribution >= 4 is 17.8 Å². The summed E-state index contributed by atoms with van der Waals surface area (Å²) in [5.41, 5.74) is 2.70. The Labute approximate surface area is 173 Å². The molecule has 5 heteroatoms. The lowest BCUT2D eigenvalue weighted by molar-refractivity contribution is 0.0734. The average molecular weight is 402 g/mol. The summed E-state index contributed by atoms with van der Waals surface area (Å²) in [6.07, 6.45) is 1.69. The van der Waals surface area contributed by atoms with Gasteiger partial charge in [0.05, 0.1) is 11.1 Å². The molecule has 30 heavy (non-hydrogen) atoms. The van der Waals surface area contributed by atoms with Crippen molar-refractivity contribution in [1.29, 1.82) is 0 Å². The first-order valence-electron chi connectivity index (χ1n) is 9.57. The van der Waals surface area contributed by atoms with Crippen LogP contribution in [0.2, 0.25) is 0 Å². The number of halogens is 1. The molecular weight excluding hydrogens is 383 g/mol. The number of carbonyl (C=O) groups excluding carboxylic acids is 2. The van der Waals surface area contributed by atoms with Gasteiger partial charge in [0.2, 0.25) is 5.78 Å². The number of rotatable bonds is 4. The topological polar surface area (TPSA) is 52.6 Å². The lowest BCUT2D eigenvalue weighted by atomic mass is 10.0. The molecule has 4 rings (SSSR count). The molecule has 0 fully saturated rings. The Hall–Kier alpha value is -3.73. The Morgan fingerprint density at radius 1 is 1.00 bits per heavy atom. The number of hydrogen-bond acceptors (Lipinski definition) is 4. The van der Waals surface area contributed by atoms with Gasteiger partial charge in [-0.3, -0.25) is 4.79 Å². The Morgan fingerprint density at radius 2 is 1.70 bits per heavy atom. The smallest absolute Gasteiger partial charge is 0.343 e. The van der Waals surface area contributed by atoms with Crippen molar-refractivity contribution in [2.45, 2.75) is 19.8 Å². The second-order valence-corrected chi connectivity index (χ2v) is 7.32. The van der Waals surface area contributed by atoms with Crippen LogP contribution in [-0.2, 0) is 0 Å². The van der Waals surface area contributed by atoms with E-state index < -0.39 is 11.8 Å². The molecule has 0 aliphatic carbocycles. The van der Waals surface area contributed by atoms with Crippen molar-refractivity contribution < 1.29 is 23.5 Å². The Kier molecular flexibility index (Phi) is 5.19. The van der Waals surface area contributed by atoms with Gasteiger partial charge in [0.15, 0.2) is 5.76 Å². The molecule has 0 bridgehead atoms. The minimum Gasteiger partial charge on any atom is -0.452 e. The first-order valence-corrected chi connectivity index (χ1v) is 9.57. The molecule has 0 atom stereocenters. The van der Waals surface area contributed by atoms with Crippen molar-refractivity contribution in [2.24, 2.45) is 0 Å².